The normalized spacial score (nSPS) is 11.8. The van der Waals surface area contributed by atoms with Gasteiger partial charge < -0.3 is 14.4 Å². The number of ketones is 1. The van der Waals surface area contributed by atoms with E-state index in [-0.39, 0.29) is 24.9 Å². The molecule has 0 saturated heterocycles. The van der Waals surface area contributed by atoms with Crippen molar-refractivity contribution in [3.8, 4) is 5.75 Å². The second-order valence-corrected chi connectivity index (χ2v) is 6.47. The van der Waals surface area contributed by atoms with Gasteiger partial charge in [-0.2, -0.15) is 0 Å². The molecule has 0 N–H and O–H groups in total. The summed E-state index contributed by atoms with van der Waals surface area (Å²) in [5.41, 5.74) is -0.769. The Labute approximate surface area is 144 Å². The van der Waals surface area contributed by atoms with E-state index in [9.17, 15) is 22.8 Å². The number of hydrogen-bond acceptors (Lipinski definition) is 4. The topological polar surface area (TPSA) is 55.8 Å². The highest BCUT2D eigenvalue weighted by molar-refractivity contribution is 5.98. The van der Waals surface area contributed by atoms with Crippen molar-refractivity contribution in [2.45, 2.75) is 45.6 Å². The molecule has 1 rings (SSSR count). The number of carbonyl (C=O) groups is 2. The fourth-order valence-corrected chi connectivity index (χ4v) is 1.95. The summed E-state index contributed by atoms with van der Waals surface area (Å²) in [5.74, 6) is -1.02. The van der Waals surface area contributed by atoms with E-state index < -0.39 is 29.6 Å². The van der Waals surface area contributed by atoms with Crippen molar-refractivity contribution in [2.75, 3.05) is 13.6 Å². The van der Waals surface area contributed by atoms with Crippen LogP contribution in [0.2, 0.25) is 0 Å². The minimum Gasteiger partial charge on any atom is -0.444 e. The number of ether oxygens (including phenoxy) is 2. The first-order valence-electron chi connectivity index (χ1n) is 7.71. The van der Waals surface area contributed by atoms with Crippen LogP contribution in [0.4, 0.5) is 18.0 Å². The van der Waals surface area contributed by atoms with Gasteiger partial charge >= 0.3 is 12.5 Å². The molecule has 0 unspecified atom stereocenters. The third-order valence-electron chi connectivity index (χ3n) is 3.02. The van der Waals surface area contributed by atoms with Crippen LogP contribution >= 0.6 is 0 Å². The second-order valence-electron chi connectivity index (χ2n) is 6.47. The van der Waals surface area contributed by atoms with E-state index in [0.29, 0.717) is 0 Å². The summed E-state index contributed by atoms with van der Waals surface area (Å²) in [5, 5.41) is 0. The summed E-state index contributed by atoms with van der Waals surface area (Å²) in [4.78, 5) is 25.3. The Morgan fingerprint density at radius 3 is 2.28 bits per heavy atom. The molecule has 0 spiro atoms. The third-order valence-corrected chi connectivity index (χ3v) is 3.02. The Hall–Kier alpha value is -2.25. The molecule has 1 aromatic rings. The lowest BCUT2D eigenvalue weighted by Crippen LogP contribution is -2.34. The molecule has 0 saturated carbocycles. The van der Waals surface area contributed by atoms with E-state index in [1.165, 1.54) is 30.1 Å². The first kappa shape index (κ1) is 20.8. The highest BCUT2D eigenvalue weighted by atomic mass is 19.4. The zero-order chi connectivity index (χ0) is 19.3. The van der Waals surface area contributed by atoms with Crippen molar-refractivity contribution >= 4 is 11.9 Å². The fourth-order valence-electron chi connectivity index (χ4n) is 1.95. The molecule has 0 aliphatic carbocycles. The molecule has 0 fully saturated rings. The minimum absolute atomic E-state index is 0.0225. The fraction of sp³-hybridized carbons (Fsp3) is 0.529. The molecule has 0 bridgehead atoms. The van der Waals surface area contributed by atoms with Crippen LogP contribution in [0.25, 0.3) is 0 Å². The third kappa shape index (κ3) is 7.91. The van der Waals surface area contributed by atoms with Gasteiger partial charge in [0.25, 0.3) is 0 Å². The van der Waals surface area contributed by atoms with Gasteiger partial charge in [-0.05, 0) is 39.3 Å². The molecule has 1 aromatic carbocycles. The summed E-state index contributed by atoms with van der Waals surface area (Å²) >= 11 is 0. The van der Waals surface area contributed by atoms with E-state index in [0.717, 1.165) is 6.07 Å². The van der Waals surface area contributed by atoms with Gasteiger partial charge in [0.2, 0.25) is 0 Å². The quantitative estimate of drug-likeness (QED) is 0.704. The molecule has 25 heavy (non-hydrogen) atoms. The highest BCUT2D eigenvalue weighted by Crippen LogP contribution is 2.27. The SMILES string of the molecule is CN(CCCC(=O)c1ccccc1OC(F)(F)F)C(=O)OC(C)(C)C. The Morgan fingerprint density at radius 2 is 1.72 bits per heavy atom. The van der Waals surface area contributed by atoms with Crippen LogP contribution in [0.5, 0.6) is 5.75 Å². The van der Waals surface area contributed by atoms with Crippen LogP contribution in [0, 0.1) is 0 Å². The zero-order valence-electron chi connectivity index (χ0n) is 14.6. The molecule has 0 radical (unpaired) electrons. The average Bonchev–Trinajstić information content (AvgIpc) is 2.44. The number of Topliss-reactive ketones (excluding diaryl/α,β-unsaturated/α-hetero) is 1. The van der Waals surface area contributed by atoms with Gasteiger partial charge in [-0.1, -0.05) is 12.1 Å². The number of carbonyl (C=O) groups excluding carboxylic acids is 2. The molecule has 8 heteroatoms. The van der Waals surface area contributed by atoms with Crippen LogP contribution in [0.3, 0.4) is 0 Å². The van der Waals surface area contributed by atoms with E-state index in [1.807, 2.05) is 0 Å². The number of amides is 1. The monoisotopic (exact) mass is 361 g/mol. The maximum Gasteiger partial charge on any atom is 0.573 e. The Kier molecular flexibility index (Phi) is 6.84. The maximum atomic E-state index is 12.4. The molecule has 0 heterocycles. The van der Waals surface area contributed by atoms with Crippen LogP contribution < -0.4 is 4.74 Å². The smallest absolute Gasteiger partial charge is 0.444 e. The molecule has 0 aliphatic rings. The van der Waals surface area contributed by atoms with Crippen LogP contribution in [0.15, 0.2) is 24.3 Å². The van der Waals surface area contributed by atoms with Gasteiger partial charge in [0, 0.05) is 20.0 Å². The predicted octanol–water partition coefficient (Wildman–Crippen LogP) is 4.42. The lowest BCUT2D eigenvalue weighted by atomic mass is 10.1. The Balaban J connectivity index is 2.59. The van der Waals surface area contributed by atoms with Gasteiger partial charge in [0.15, 0.2) is 5.78 Å². The summed E-state index contributed by atoms with van der Waals surface area (Å²) in [6.07, 6.45) is -5.13. The Bertz CT molecular complexity index is 609. The predicted molar refractivity (Wildman–Crippen MR) is 85.6 cm³/mol. The minimum atomic E-state index is -4.87. The molecular weight excluding hydrogens is 339 g/mol. The number of para-hydroxylation sites is 1. The lowest BCUT2D eigenvalue weighted by molar-refractivity contribution is -0.274. The first-order valence-corrected chi connectivity index (χ1v) is 7.71. The van der Waals surface area contributed by atoms with Crippen LogP contribution in [-0.2, 0) is 4.74 Å². The van der Waals surface area contributed by atoms with Gasteiger partial charge in [-0.15, -0.1) is 13.2 Å². The lowest BCUT2D eigenvalue weighted by Gasteiger charge is -2.24. The van der Waals surface area contributed by atoms with Gasteiger partial charge in [-0.3, -0.25) is 4.79 Å². The number of nitrogens with zero attached hydrogens (tertiary/aromatic N) is 1. The number of hydrogen-bond donors (Lipinski definition) is 0. The maximum absolute atomic E-state index is 12.4. The summed E-state index contributed by atoms with van der Waals surface area (Å²) in [6.45, 7) is 5.45. The van der Waals surface area contributed by atoms with E-state index in [1.54, 1.807) is 20.8 Å². The van der Waals surface area contributed by atoms with Crippen molar-refractivity contribution in [3.05, 3.63) is 29.8 Å². The summed E-state index contributed by atoms with van der Waals surface area (Å²) in [6, 6.07) is 5.19. The molecule has 0 aliphatic heterocycles. The first-order chi connectivity index (χ1) is 11.4. The van der Waals surface area contributed by atoms with E-state index >= 15 is 0 Å². The van der Waals surface area contributed by atoms with Crippen molar-refractivity contribution < 1.29 is 32.2 Å². The summed E-state index contributed by atoms with van der Waals surface area (Å²) < 4.78 is 46.2. The van der Waals surface area contributed by atoms with Gasteiger partial charge in [0.05, 0.1) is 5.56 Å². The number of alkyl halides is 3. The van der Waals surface area contributed by atoms with E-state index in [4.69, 9.17) is 4.74 Å². The molecule has 5 nitrogen and oxygen atoms in total. The molecule has 140 valence electrons. The van der Waals surface area contributed by atoms with Gasteiger partial charge in [0.1, 0.15) is 11.4 Å². The molecular formula is C17H22F3NO4. The number of benzene rings is 1. The number of halogens is 3. The Morgan fingerprint density at radius 1 is 1.12 bits per heavy atom. The van der Waals surface area contributed by atoms with Crippen LogP contribution in [-0.4, -0.2) is 42.3 Å². The van der Waals surface area contributed by atoms with Crippen molar-refractivity contribution in [3.63, 3.8) is 0 Å². The number of rotatable bonds is 6. The van der Waals surface area contributed by atoms with Crippen molar-refractivity contribution in [2.24, 2.45) is 0 Å². The van der Waals surface area contributed by atoms with Gasteiger partial charge in [-0.25, -0.2) is 4.79 Å². The summed E-state index contributed by atoms with van der Waals surface area (Å²) in [7, 11) is 1.53. The standard InChI is InChI=1S/C17H22F3NO4/c1-16(2,3)25-15(23)21(4)11-7-9-13(22)12-8-5-6-10-14(12)24-17(18,19)20/h5-6,8,10H,7,9,11H2,1-4H3. The van der Waals surface area contributed by atoms with Crippen LogP contribution in [0.1, 0.15) is 44.0 Å². The molecule has 1 amide bonds. The molecule has 0 atom stereocenters. The van der Waals surface area contributed by atoms with Crippen molar-refractivity contribution in [1.29, 1.82) is 0 Å². The van der Waals surface area contributed by atoms with Crippen molar-refractivity contribution in [1.82, 2.24) is 4.90 Å². The average molecular weight is 361 g/mol. The van der Waals surface area contributed by atoms with E-state index in [2.05, 4.69) is 4.74 Å². The molecule has 0 aromatic heterocycles. The zero-order valence-corrected chi connectivity index (χ0v) is 14.6. The largest absolute Gasteiger partial charge is 0.573 e. The highest BCUT2D eigenvalue weighted by Gasteiger charge is 2.32. The second kappa shape index (κ2) is 8.22.